The molecule has 6 atom stereocenters. The third-order valence-corrected chi connectivity index (χ3v) is 3.31. The highest BCUT2D eigenvalue weighted by Crippen LogP contribution is 2.30. The van der Waals surface area contributed by atoms with Crippen molar-refractivity contribution < 1.29 is 49.2 Å². The van der Waals surface area contributed by atoms with Crippen LogP contribution in [0.5, 0.6) is 0 Å². The lowest BCUT2D eigenvalue weighted by Crippen LogP contribution is -2.57. The molecule has 0 aliphatic carbocycles. The fourth-order valence-electron chi connectivity index (χ4n) is 2.10. The van der Waals surface area contributed by atoms with Gasteiger partial charge >= 0.3 is 18.0 Å². The van der Waals surface area contributed by atoms with Crippen LogP contribution in [0, 0.1) is 0 Å². The number of amides is 4. The van der Waals surface area contributed by atoms with Crippen molar-refractivity contribution in [2.45, 2.75) is 43.7 Å². The van der Waals surface area contributed by atoms with Crippen molar-refractivity contribution >= 4 is 18.0 Å². The van der Waals surface area contributed by atoms with E-state index in [0.29, 0.717) is 0 Å². The maximum absolute atomic E-state index is 11.8. The average molecular weight is 351 g/mol. The first-order valence-electron chi connectivity index (χ1n) is 6.85. The molecule has 2 saturated heterocycles. The number of carbonyl (C=O) groups is 3. The van der Waals surface area contributed by atoms with Gasteiger partial charge in [-0.1, -0.05) is 5.23 Å². The van der Waals surface area contributed by atoms with Gasteiger partial charge in [-0.2, -0.15) is 0 Å². The van der Waals surface area contributed by atoms with E-state index in [0.717, 1.165) is 6.92 Å². The lowest BCUT2D eigenvalue weighted by atomic mass is 10.1. The monoisotopic (exact) mass is 351 g/mol. The largest absolute Gasteiger partial charge is 0.480 e. The molecular formula is C11H17N3O10. The number of aliphatic hydroxyl groups excluding tert-OH is 3. The second-order valence-corrected chi connectivity index (χ2v) is 5.11. The Kier molecular flexibility index (Phi) is 5.53. The summed E-state index contributed by atoms with van der Waals surface area (Å²) in [6.07, 6.45) is -5.95. The summed E-state index contributed by atoms with van der Waals surface area (Å²) < 4.78 is 5.08. The number of carboxylic acids is 1. The summed E-state index contributed by atoms with van der Waals surface area (Å²) in [7, 11) is 0. The van der Waals surface area contributed by atoms with Crippen molar-refractivity contribution in [1.82, 2.24) is 15.9 Å². The van der Waals surface area contributed by atoms with Crippen molar-refractivity contribution in [2.24, 2.45) is 0 Å². The number of nitrogens with one attached hydrogen (secondary N) is 2. The van der Waals surface area contributed by atoms with Gasteiger partial charge in [-0.3, -0.25) is 5.32 Å². The Labute approximate surface area is 134 Å². The number of carbonyl (C=O) groups excluding carboxylic acids is 2. The van der Waals surface area contributed by atoms with Crippen molar-refractivity contribution in [3.05, 3.63) is 0 Å². The highest BCUT2D eigenvalue weighted by molar-refractivity contribution is 5.94. The van der Waals surface area contributed by atoms with Crippen LogP contribution in [0.25, 0.3) is 0 Å². The van der Waals surface area contributed by atoms with E-state index < -0.39 is 61.4 Å². The van der Waals surface area contributed by atoms with Gasteiger partial charge in [0.25, 0.3) is 0 Å². The quantitative estimate of drug-likeness (QED) is 0.302. The molecule has 13 heteroatoms. The first-order chi connectivity index (χ1) is 11.2. The van der Waals surface area contributed by atoms with E-state index in [4.69, 9.17) is 24.6 Å². The van der Waals surface area contributed by atoms with Gasteiger partial charge in [0, 0.05) is 0 Å². The van der Waals surface area contributed by atoms with Crippen LogP contribution in [0.1, 0.15) is 6.92 Å². The number of rotatable bonds is 4. The maximum atomic E-state index is 11.8. The lowest BCUT2D eigenvalue weighted by Gasteiger charge is -2.31. The third-order valence-electron chi connectivity index (χ3n) is 3.31. The zero-order valence-electron chi connectivity index (χ0n) is 12.4. The van der Waals surface area contributed by atoms with Gasteiger partial charge in [0.2, 0.25) is 6.29 Å². The van der Waals surface area contributed by atoms with Gasteiger partial charge in [0.1, 0.15) is 18.3 Å². The SMILES string of the molecule is CC(O)C(NC(=O)NC(=O)N1O[C@@H]2O[C@H](CO)[C@@H](O1)[C@H]2O)C(=O)O. The van der Waals surface area contributed by atoms with Crippen molar-refractivity contribution in [1.29, 1.82) is 0 Å². The molecule has 0 aromatic heterocycles. The zero-order chi connectivity index (χ0) is 18.0. The first kappa shape index (κ1) is 18.3. The smallest absolute Gasteiger partial charge is 0.375 e. The molecule has 0 aromatic carbocycles. The molecule has 0 saturated carbocycles. The Morgan fingerprint density at radius 2 is 1.96 bits per heavy atom. The molecule has 24 heavy (non-hydrogen) atoms. The van der Waals surface area contributed by atoms with Crippen molar-refractivity contribution in [3.8, 4) is 0 Å². The molecule has 2 aliphatic rings. The minimum absolute atomic E-state index is 0.245. The highest BCUT2D eigenvalue weighted by Gasteiger charge is 2.52. The summed E-state index contributed by atoms with van der Waals surface area (Å²) in [5.74, 6) is -1.50. The lowest BCUT2D eigenvalue weighted by molar-refractivity contribution is -0.420. The number of carboxylic acid groups (broad SMARTS) is 1. The van der Waals surface area contributed by atoms with Crippen molar-refractivity contribution in [3.63, 3.8) is 0 Å². The fourth-order valence-corrected chi connectivity index (χ4v) is 2.10. The molecule has 4 amide bonds. The minimum Gasteiger partial charge on any atom is -0.480 e. The van der Waals surface area contributed by atoms with Crippen LogP contribution in [0.15, 0.2) is 0 Å². The molecule has 2 aliphatic heterocycles. The topological polar surface area (TPSA) is 187 Å². The molecular weight excluding hydrogens is 334 g/mol. The number of hydrogen-bond donors (Lipinski definition) is 6. The van der Waals surface area contributed by atoms with E-state index >= 15 is 0 Å². The third kappa shape index (κ3) is 3.72. The van der Waals surface area contributed by atoms with Crippen LogP contribution in [0.3, 0.4) is 0 Å². The normalized spacial score (nSPS) is 31.2. The van der Waals surface area contributed by atoms with Crippen LogP contribution in [0.4, 0.5) is 9.59 Å². The van der Waals surface area contributed by atoms with Crippen LogP contribution in [0.2, 0.25) is 0 Å². The Morgan fingerprint density at radius 1 is 1.29 bits per heavy atom. The minimum atomic E-state index is -1.64. The van der Waals surface area contributed by atoms with Crippen LogP contribution in [-0.2, 0) is 19.2 Å². The molecule has 2 unspecified atom stereocenters. The van der Waals surface area contributed by atoms with Gasteiger partial charge < -0.3 is 30.5 Å². The van der Waals surface area contributed by atoms with E-state index in [1.807, 2.05) is 5.32 Å². The Hall–Kier alpha value is -2.03. The van der Waals surface area contributed by atoms with E-state index in [9.17, 15) is 24.6 Å². The van der Waals surface area contributed by atoms with Crippen molar-refractivity contribution in [2.75, 3.05) is 6.61 Å². The predicted octanol–water partition coefficient (Wildman–Crippen LogP) is -3.13. The van der Waals surface area contributed by atoms with Gasteiger partial charge in [-0.15, -0.1) is 0 Å². The summed E-state index contributed by atoms with van der Waals surface area (Å²) in [6.45, 7) is 0.648. The predicted molar refractivity (Wildman–Crippen MR) is 69.7 cm³/mol. The molecule has 2 fully saturated rings. The second-order valence-electron chi connectivity index (χ2n) is 5.11. The van der Waals surface area contributed by atoms with E-state index in [2.05, 4.69) is 0 Å². The Bertz CT molecular complexity index is 514. The molecule has 0 spiro atoms. The summed E-state index contributed by atoms with van der Waals surface area (Å²) in [5.41, 5.74) is 0. The molecule has 0 aromatic rings. The number of imide groups is 1. The molecule has 2 bridgehead atoms. The second kappa shape index (κ2) is 7.25. The van der Waals surface area contributed by atoms with E-state index in [1.165, 1.54) is 0 Å². The van der Waals surface area contributed by atoms with Crippen LogP contribution >= 0.6 is 0 Å². The number of fused-ring (bicyclic) bond motifs is 2. The summed E-state index contributed by atoms with van der Waals surface area (Å²) in [4.78, 5) is 44.1. The molecule has 2 heterocycles. The van der Waals surface area contributed by atoms with E-state index in [-0.39, 0.29) is 5.23 Å². The van der Waals surface area contributed by atoms with E-state index in [1.54, 1.807) is 5.32 Å². The average Bonchev–Trinajstić information content (AvgIpc) is 2.70. The standard InChI is InChI=1S/C11H17N3O10/c1-3(16)5(8(18)19)12-10(20)13-11(21)14-23-7-4(2-15)22-9(24-14)6(7)17/h3-7,9,15-17H,2H2,1H3,(H,18,19)(H2,12,13,20,21)/t3?,4-,5?,6-,7-,9+/m1/s1. The Morgan fingerprint density at radius 3 is 2.50 bits per heavy atom. The number of ether oxygens (including phenoxy) is 1. The number of aliphatic hydroxyl groups is 3. The zero-order valence-corrected chi connectivity index (χ0v) is 12.4. The fraction of sp³-hybridized carbons (Fsp3) is 0.727. The summed E-state index contributed by atoms with van der Waals surface area (Å²) >= 11 is 0. The Balaban J connectivity index is 1.91. The molecule has 6 N–H and O–H groups in total. The molecule has 0 radical (unpaired) electrons. The summed E-state index contributed by atoms with van der Waals surface area (Å²) in [6, 6.07) is -4.09. The van der Waals surface area contributed by atoms with Gasteiger partial charge in [0.05, 0.1) is 12.7 Å². The highest BCUT2D eigenvalue weighted by atomic mass is 17.0. The number of nitrogens with zero attached hydrogens (tertiary/aromatic N) is 1. The van der Waals surface area contributed by atoms with Gasteiger partial charge in [-0.05, 0) is 6.92 Å². The number of hydrogen-bond acceptors (Lipinski definition) is 9. The first-order valence-corrected chi connectivity index (χ1v) is 6.85. The molecule has 2 rings (SSSR count). The summed E-state index contributed by atoms with van der Waals surface area (Å²) in [5, 5.41) is 40.7. The molecule has 136 valence electrons. The number of aliphatic carboxylic acids is 1. The van der Waals surface area contributed by atoms with Gasteiger partial charge in [-0.25, -0.2) is 24.1 Å². The number of hydroxylamine groups is 2. The maximum Gasteiger partial charge on any atom is 0.375 e. The van der Waals surface area contributed by atoms with Crippen LogP contribution in [-0.4, -0.2) is 87.0 Å². The van der Waals surface area contributed by atoms with Crippen LogP contribution < -0.4 is 10.6 Å². The van der Waals surface area contributed by atoms with Gasteiger partial charge in [0.15, 0.2) is 6.04 Å². The molecule has 13 nitrogen and oxygen atoms in total. The number of urea groups is 2.